The molecule has 0 amide bonds. The molecule has 0 radical (unpaired) electrons. The Bertz CT molecular complexity index is 721. The van der Waals surface area contributed by atoms with E-state index in [2.05, 4.69) is 45.3 Å². The van der Waals surface area contributed by atoms with E-state index in [0.29, 0.717) is 18.7 Å². The number of nitrogens with zero attached hydrogens (tertiary/aromatic N) is 1. The molecule has 0 fully saturated rings. The summed E-state index contributed by atoms with van der Waals surface area (Å²) in [6.45, 7) is 11.6. The number of benzene rings is 1. The molecule has 2 aromatic rings. The summed E-state index contributed by atoms with van der Waals surface area (Å²) in [6, 6.07) is 3.97. The van der Waals surface area contributed by atoms with Gasteiger partial charge < -0.3 is 15.4 Å². The van der Waals surface area contributed by atoms with E-state index in [1.54, 1.807) is 0 Å². The van der Waals surface area contributed by atoms with Crippen molar-refractivity contribution in [3.8, 4) is 0 Å². The molecule has 0 saturated heterocycles. The van der Waals surface area contributed by atoms with E-state index in [4.69, 9.17) is 5.73 Å². The Morgan fingerprint density at radius 1 is 1.32 bits per heavy atom. The Morgan fingerprint density at radius 3 is 2.41 bits per heavy atom. The lowest BCUT2D eigenvalue weighted by molar-refractivity contribution is 0.0698. The maximum absolute atomic E-state index is 11.8. The number of carbonyl (C=O) groups is 1. The zero-order valence-corrected chi connectivity index (χ0v) is 14.2. The van der Waals surface area contributed by atoms with Crippen LogP contribution in [0.4, 0.5) is 0 Å². The van der Waals surface area contributed by atoms with E-state index in [0.717, 1.165) is 28.6 Å². The van der Waals surface area contributed by atoms with Gasteiger partial charge in [0.2, 0.25) is 0 Å². The minimum Gasteiger partial charge on any atom is -0.478 e. The van der Waals surface area contributed by atoms with E-state index in [1.807, 2.05) is 6.07 Å². The first kappa shape index (κ1) is 16.6. The monoisotopic (exact) mass is 302 g/mol. The molecule has 4 nitrogen and oxygen atoms in total. The number of fused-ring (bicyclic) bond motifs is 1. The van der Waals surface area contributed by atoms with Crippen LogP contribution in [0.5, 0.6) is 0 Å². The van der Waals surface area contributed by atoms with Crippen LogP contribution in [0.25, 0.3) is 10.9 Å². The van der Waals surface area contributed by atoms with Gasteiger partial charge in [-0.3, -0.25) is 0 Å². The predicted molar refractivity (Wildman–Crippen MR) is 90.8 cm³/mol. The van der Waals surface area contributed by atoms with Gasteiger partial charge in [0.25, 0.3) is 0 Å². The van der Waals surface area contributed by atoms with Gasteiger partial charge in [0, 0.05) is 24.2 Å². The van der Waals surface area contributed by atoms with Crippen molar-refractivity contribution in [3.63, 3.8) is 0 Å². The first-order valence-corrected chi connectivity index (χ1v) is 7.81. The van der Waals surface area contributed by atoms with Crippen LogP contribution in [0, 0.1) is 6.92 Å². The first-order chi connectivity index (χ1) is 10.2. The average molecular weight is 302 g/mol. The smallest absolute Gasteiger partial charge is 0.337 e. The molecule has 0 unspecified atom stereocenters. The van der Waals surface area contributed by atoms with E-state index < -0.39 is 5.97 Å². The zero-order chi connectivity index (χ0) is 16.7. The molecule has 120 valence electrons. The van der Waals surface area contributed by atoms with Crippen LogP contribution >= 0.6 is 0 Å². The number of hydrogen-bond acceptors (Lipinski definition) is 2. The number of aryl methyl sites for hydroxylation is 1. The van der Waals surface area contributed by atoms with Crippen molar-refractivity contribution in [1.29, 1.82) is 0 Å². The number of carboxylic acid groups (broad SMARTS) is 1. The molecule has 1 aromatic carbocycles. The van der Waals surface area contributed by atoms with Crippen LogP contribution in [0.3, 0.4) is 0 Å². The highest BCUT2D eigenvalue weighted by atomic mass is 16.4. The predicted octanol–water partition coefficient (Wildman–Crippen LogP) is 3.47. The second-order valence-corrected chi connectivity index (χ2v) is 6.83. The highest BCUT2D eigenvalue weighted by Gasteiger charge is 2.23. The van der Waals surface area contributed by atoms with E-state index in [1.165, 1.54) is 5.56 Å². The third-order valence-corrected chi connectivity index (χ3v) is 4.35. The normalized spacial score (nSPS) is 12.1. The molecule has 0 bridgehead atoms. The Balaban J connectivity index is 2.95. The Morgan fingerprint density at radius 2 is 1.95 bits per heavy atom. The molecule has 4 heteroatoms. The number of rotatable bonds is 4. The van der Waals surface area contributed by atoms with Gasteiger partial charge in [-0.15, -0.1) is 0 Å². The molecule has 2 rings (SSSR count). The highest BCUT2D eigenvalue weighted by molar-refractivity contribution is 6.04. The third kappa shape index (κ3) is 2.63. The van der Waals surface area contributed by atoms with Crippen LogP contribution in [-0.4, -0.2) is 22.2 Å². The van der Waals surface area contributed by atoms with Crippen molar-refractivity contribution in [2.75, 3.05) is 6.54 Å². The lowest BCUT2D eigenvalue weighted by Gasteiger charge is -2.20. The van der Waals surface area contributed by atoms with Gasteiger partial charge in [-0.2, -0.15) is 0 Å². The Labute approximate surface area is 131 Å². The molecular formula is C18H26N2O2. The fourth-order valence-corrected chi connectivity index (χ4v) is 3.13. The van der Waals surface area contributed by atoms with E-state index in [-0.39, 0.29) is 5.41 Å². The van der Waals surface area contributed by atoms with Crippen LogP contribution in [0.1, 0.15) is 54.9 Å². The van der Waals surface area contributed by atoms with Gasteiger partial charge >= 0.3 is 5.97 Å². The number of carboxylic acids is 1. The number of hydrogen-bond donors (Lipinski definition) is 2. The van der Waals surface area contributed by atoms with Crippen molar-refractivity contribution in [2.24, 2.45) is 5.73 Å². The summed E-state index contributed by atoms with van der Waals surface area (Å²) in [4.78, 5) is 11.8. The van der Waals surface area contributed by atoms with E-state index in [9.17, 15) is 9.90 Å². The summed E-state index contributed by atoms with van der Waals surface area (Å²) in [5, 5.41) is 10.7. The van der Waals surface area contributed by atoms with Gasteiger partial charge in [0.15, 0.2) is 0 Å². The molecule has 0 saturated carbocycles. The molecule has 0 aliphatic carbocycles. The van der Waals surface area contributed by atoms with Gasteiger partial charge in [0.1, 0.15) is 0 Å². The summed E-state index contributed by atoms with van der Waals surface area (Å²) in [6.07, 6.45) is 0.882. The van der Waals surface area contributed by atoms with Crippen molar-refractivity contribution in [1.82, 2.24) is 4.57 Å². The zero-order valence-electron chi connectivity index (χ0n) is 14.2. The molecule has 0 aliphatic heterocycles. The third-order valence-electron chi connectivity index (χ3n) is 4.35. The van der Waals surface area contributed by atoms with Crippen LogP contribution < -0.4 is 5.73 Å². The quantitative estimate of drug-likeness (QED) is 0.908. The lowest BCUT2D eigenvalue weighted by atomic mass is 9.84. The molecule has 0 atom stereocenters. The maximum atomic E-state index is 11.8. The van der Waals surface area contributed by atoms with E-state index >= 15 is 0 Å². The van der Waals surface area contributed by atoms with Crippen LogP contribution in [0.15, 0.2) is 12.1 Å². The maximum Gasteiger partial charge on any atom is 0.337 e. The fraction of sp³-hybridized carbons (Fsp3) is 0.500. The van der Waals surface area contributed by atoms with Gasteiger partial charge in [-0.05, 0) is 42.0 Å². The average Bonchev–Trinajstić information content (AvgIpc) is 2.69. The summed E-state index contributed by atoms with van der Waals surface area (Å²) < 4.78 is 2.06. The SMILES string of the molecule is CCc1c(C)n(CCN)c2c(C(=O)O)cc(C(C)(C)C)cc12. The van der Waals surface area contributed by atoms with Crippen molar-refractivity contribution < 1.29 is 9.90 Å². The highest BCUT2D eigenvalue weighted by Crippen LogP contribution is 2.34. The number of aromatic nitrogens is 1. The minimum absolute atomic E-state index is 0.0900. The molecule has 1 aromatic heterocycles. The Kier molecular flexibility index (Phi) is 4.34. The van der Waals surface area contributed by atoms with Gasteiger partial charge in [-0.1, -0.05) is 27.7 Å². The van der Waals surface area contributed by atoms with Gasteiger partial charge in [-0.25, -0.2) is 4.79 Å². The van der Waals surface area contributed by atoms with Crippen molar-refractivity contribution in [3.05, 3.63) is 34.5 Å². The molecule has 3 N–H and O–H groups in total. The largest absolute Gasteiger partial charge is 0.478 e. The molecule has 1 heterocycles. The first-order valence-electron chi connectivity index (χ1n) is 7.81. The van der Waals surface area contributed by atoms with Crippen LogP contribution in [0.2, 0.25) is 0 Å². The topological polar surface area (TPSA) is 68.2 Å². The van der Waals surface area contributed by atoms with Crippen molar-refractivity contribution >= 4 is 16.9 Å². The lowest BCUT2D eigenvalue weighted by Crippen LogP contribution is -2.15. The second-order valence-electron chi connectivity index (χ2n) is 6.83. The van der Waals surface area contributed by atoms with Crippen molar-refractivity contribution in [2.45, 2.75) is 53.0 Å². The molecule has 22 heavy (non-hydrogen) atoms. The molecule has 0 spiro atoms. The fourth-order valence-electron chi connectivity index (χ4n) is 3.13. The van der Waals surface area contributed by atoms with Crippen LogP contribution in [-0.2, 0) is 18.4 Å². The minimum atomic E-state index is -0.880. The summed E-state index contributed by atoms with van der Waals surface area (Å²) in [7, 11) is 0. The summed E-state index contributed by atoms with van der Waals surface area (Å²) in [5.74, 6) is -0.880. The molecular weight excluding hydrogens is 276 g/mol. The summed E-state index contributed by atoms with van der Waals surface area (Å²) in [5.41, 5.74) is 10.2. The number of nitrogens with two attached hydrogens (primary N) is 1. The molecule has 0 aliphatic rings. The Hall–Kier alpha value is -1.81. The number of aromatic carboxylic acids is 1. The standard InChI is InChI=1S/C18H26N2O2/c1-6-13-11(2)20(8-7-19)16-14(13)9-12(18(3,4)5)10-15(16)17(21)22/h9-10H,6-8,19H2,1-5H3,(H,21,22). The van der Waals surface area contributed by atoms with Gasteiger partial charge in [0.05, 0.1) is 11.1 Å². The second kappa shape index (κ2) is 5.76. The summed E-state index contributed by atoms with van der Waals surface area (Å²) >= 11 is 0.